The van der Waals surface area contributed by atoms with Crippen LogP contribution < -0.4 is 15.9 Å². The van der Waals surface area contributed by atoms with Crippen molar-refractivity contribution in [2.75, 3.05) is 6.16 Å². The fourth-order valence-electron chi connectivity index (χ4n) is 31.1. The number of allylic oxidation sites excluding steroid dienone is 6. The smallest absolute Gasteiger partial charge is 0.133 e. The summed E-state index contributed by atoms with van der Waals surface area (Å²) < 4.78 is 0. The average Bonchev–Trinajstić information content (AvgIpc) is 1.24. The van der Waals surface area contributed by atoms with Gasteiger partial charge in [-0.3, -0.25) is 4.79 Å². The number of fused-ring (bicyclic) bond motifs is 6. The molecule has 28 atom stereocenters. The maximum absolute atomic E-state index is 11.6. The highest BCUT2D eigenvalue weighted by Gasteiger charge is 2.56. The standard InChI is InChI=1S/C28H44O.C24H28P.C15H28.C14H24O.C13H22O.2C12H22/c1-19(2)20(3)9-10-22(5)26-15-16-27-23(8-7-17-28(26,27)6)12-13-24-18-25(29)14-11-21(24)4;1-21(2)13-12-20-25(22-14-6-3-7-15-22,23-16-8-4-9-17-23)24-18-10-5-11-19-24;1-5-11(2)13-8-9-14-12(3)7-6-10-15(13,14)4;1-10-5-4-8-14(3)12(10)6-7-13(14)11(2)9-15;1-9-5-4-8-13(3)11(9)6-7-12(13)10(2)14;2*1-9-5-4-8-12(3)10(2)6-7-11(9)12/h9-10,12-13,19-20,22,25-27,29H,4,7-8,11,14-18H2,1-3,5-6H3;3-11,14-19,21H,12-13,20H2,1-2H3;11-14H,5-10H2,1-4H3;9-13H,4-8H2,1-3H3;9,11-12H,4-8H2,1-3H3;2*9-11H,4-8H2,1-3H3/q;+1;;;;;/b10-9+,23-12+,24-13-;;;;;;/t20-,22+,25-,26+,27-,28+;;11-,12+,13-,14+,15-;10-,11+,12-,13+,14-;9-,11-,12+,13-;2*9-,10-,11-,12+/m0.10000/s1. The van der Waals surface area contributed by atoms with Crippen LogP contribution in [0.2, 0.25) is 0 Å². The van der Waals surface area contributed by atoms with Crippen LogP contribution in [0.4, 0.5) is 0 Å². The summed E-state index contributed by atoms with van der Waals surface area (Å²) in [6.45, 7) is 59.4. The van der Waals surface area contributed by atoms with Crippen LogP contribution in [0.5, 0.6) is 0 Å². The molecule has 13 fully saturated rings. The molecule has 0 heterocycles. The van der Waals surface area contributed by atoms with Gasteiger partial charge >= 0.3 is 0 Å². The molecule has 0 aromatic heterocycles. The van der Waals surface area contributed by atoms with Crippen molar-refractivity contribution in [1.82, 2.24) is 0 Å². The zero-order chi connectivity index (χ0) is 88.7. The minimum absolute atomic E-state index is 0.182. The van der Waals surface area contributed by atoms with E-state index < -0.39 is 7.26 Å². The van der Waals surface area contributed by atoms with E-state index >= 15 is 0 Å². The maximum Gasteiger partial charge on any atom is 0.133 e. The van der Waals surface area contributed by atoms with Crippen molar-refractivity contribution in [3.05, 3.63) is 139 Å². The predicted octanol–water partition coefficient (Wildman–Crippen LogP) is 32.8. The van der Waals surface area contributed by atoms with E-state index in [0.717, 1.165) is 143 Å². The van der Waals surface area contributed by atoms with Gasteiger partial charge in [0.05, 0.1) is 12.3 Å². The van der Waals surface area contributed by atoms with E-state index in [4.69, 9.17) is 0 Å². The Hall–Kier alpha value is -3.65. The van der Waals surface area contributed by atoms with Crippen LogP contribution in [-0.2, 0) is 9.59 Å². The number of aliphatic hydroxyl groups is 1. The molecule has 13 aliphatic rings. The lowest BCUT2D eigenvalue weighted by atomic mass is 9.59. The monoisotopic (exact) mass is 1690 g/mol. The summed E-state index contributed by atoms with van der Waals surface area (Å²) in [7, 11) is -1.61. The number of carbonyl (C=O) groups is 2. The van der Waals surface area contributed by atoms with Gasteiger partial charge in [0.1, 0.15) is 35.2 Å². The number of ketones is 1. The van der Waals surface area contributed by atoms with Crippen LogP contribution >= 0.6 is 7.26 Å². The number of benzene rings is 3. The molecule has 684 valence electrons. The minimum atomic E-state index is -1.61. The molecular formula is C118H190O3P+. The second-order valence-electron chi connectivity index (χ2n) is 47.3. The molecule has 3 aromatic carbocycles. The maximum atomic E-state index is 11.6. The quantitative estimate of drug-likeness (QED) is 0.0832. The number of aldehydes is 1. The Morgan fingerprint density at radius 2 is 0.861 bits per heavy atom. The molecule has 16 rings (SSSR count). The van der Waals surface area contributed by atoms with Gasteiger partial charge in [-0.15, -0.1) is 0 Å². The van der Waals surface area contributed by atoms with Gasteiger partial charge in [-0.2, -0.15) is 0 Å². The number of Topliss-reactive ketones (excluding diaryl/α,β-unsaturated/α-hetero) is 1. The number of aliphatic hydroxyl groups excluding tert-OH is 1. The van der Waals surface area contributed by atoms with Crippen molar-refractivity contribution >= 4 is 35.2 Å². The number of carbonyl (C=O) groups excluding carboxylic acids is 2. The molecule has 1 N–H and O–H groups in total. The molecule has 0 spiro atoms. The summed E-state index contributed by atoms with van der Waals surface area (Å²) in [6, 6.07) is 33.6. The Kier molecular flexibility index (Phi) is 36.9. The van der Waals surface area contributed by atoms with E-state index in [1.807, 2.05) is 0 Å². The number of hydrogen-bond donors (Lipinski definition) is 1. The van der Waals surface area contributed by atoms with Gasteiger partial charge in [0.15, 0.2) is 0 Å². The summed E-state index contributed by atoms with van der Waals surface area (Å²) in [4.78, 5) is 22.6. The molecule has 0 bridgehead atoms. The Morgan fingerprint density at radius 3 is 1.30 bits per heavy atom. The van der Waals surface area contributed by atoms with Crippen LogP contribution in [0.1, 0.15) is 390 Å². The van der Waals surface area contributed by atoms with Gasteiger partial charge in [-0.05, 0) is 366 Å². The molecule has 0 amide bonds. The zero-order valence-electron chi connectivity index (χ0n) is 83.5. The Bertz CT molecular complexity index is 3630. The van der Waals surface area contributed by atoms with E-state index in [2.05, 4.69) is 274 Å². The topological polar surface area (TPSA) is 54.4 Å². The molecular weight excluding hydrogens is 1500 g/mol. The lowest BCUT2D eigenvalue weighted by Crippen LogP contribution is -2.38. The highest BCUT2D eigenvalue weighted by Crippen LogP contribution is 2.65. The van der Waals surface area contributed by atoms with Crippen LogP contribution in [0.25, 0.3) is 0 Å². The second kappa shape index (κ2) is 44.8. The molecule has 3 nitrogen and oxygen atoms in total. The Labute approximate surface area is 754 Å². The summed E-state index contributed by atoms with van der Waals surface area (Å²) in [5, 5.41) is 14.5. The first-order chi connectivity index (χ1) is 58.0. The highest BCUT2D eigenvalue weighted by molar-refractivity contribution is 7.95. The largest absolute Gasteiger partial charge is 0.393 e. The van der Waals surface area contributed by atoms with Crippen molar-refractivity contribution in [2.24, 2.45) is 169 Å². The first-order valence-corrected chi connectivity index (χ1v) is 54.4. The normalized spacial score (nSPS) is 39.1. The zero-order valence-corrected chi connectivity index (χ0v) is 84.4. The summed E-state index contributed by atoms with van der Waals surface area (Å²) >= 11 is 0. The third kappa shape index (κ3) is 22.8. The van der Waals surface area contributed by atoms with E-state index in [1.165, 1.54) is 245 Å². The number of rotatable bonds is 17. The molecule has 13 saturated carbocycles. The molecule has 0 aliphatic heterocycles. The molecule has 122 heavy (non-hydrogen) atoms. The molecule has 4 heteroatoms. The van der Waals surface area contributed by atoms with Crippen molar-refractivity contribution in [3.63, 3.8) is 0 Å². The lowest BCUT2D eigenvalue weighted by Gasteiger charge is -2.46. The van der Waals surface area contributed by atoms with E-state index in [-0.39, 0.29) is 12.0 Å². The molecule has 0 saturated heterocycles. The van der Waals surface area contributed by atoms with Gasteiger partial charge in [-0.25, -0.2) is 0 Å². The predicted molar refractivity (Wildman–Crippen MR) is 533 cm³/mol. The van der Waals surface area contributed by atoms with E-state index in [1.54, 1.807) is 12.5 Å². The first-order valence-electron chi connectivity index (χ1n) is 52.4. The van der Waals surface area contributed by atoms with Crippen molar-refractivity contribution in [2.45, 2.75) is 396 Å². The van der Waals surface area contributed by atoms with Crippen LogP contribution in [0.3, 0.4) is 0 Å². The van der Waals surface area contributed by atoms with Crippen molar-refractivity contribution < 1.29 is 14.7 Å². The van der Waals surface area contributed by atoms with Crippen LogP contribution in [0.15, 0.2) is 139 Å². The molecule has 0 unspecified atom stereocenters. The summed E-state index contributed by atoms with van der Waals surface area (Å²) in [6.07, 6.45) is 60.8. The highest BCUT2D eigenvalue weighted by atomic mass is 31.2. The minimum Gasteiger partial charge on any atom is -0.393 e. The van der Waals surface area contributed by atoms with Gasteiger partial charge < -0.3 is 9.90 Å². The van der Waals surface area contributed by atoms with E-state index in [9.17, 15) is 14.7 Å². The van der Waals surface area contributed by atoms with Crippen molar-refractivity contribution in [3.8, 4) is 0 Å². The third-order valence-corrected chi connectivity index (χ3v) is 44.1. The van der Waals surface area contributed by atoms with Gasteiger partial charge in [0.2, 0.25) is 0 Å². The van der Waals surface area contributed by atoms with E-state index in [0.29, 0.717) is 51.1 Å². The first kappa shape index (κ1) is 100. The summed E-state index contributed by atoms with van der Waals surface area (Å²) in [5.74, 6) is 19.6. The fourth-order valence-corrected chi connectivity index (χ4v) is 35.5. The molecule has 13 aliphatic carbocycles. The van der Waals surface area contributed by atoms with Gasteiger partial charge in [0, 0.05) is 11.8 Å². The van der Waals surface area contributed by atoms with Crippen LogP contribution in [0, 0.1) is 169 Å². The number of hydrogen-bond acceptors (Lipinski definition) is 3. The molecule has 0 radical (unpaired) electrons. The second-order valence-corrected chi connectivity index (χ2v) is 50.9. The Balaban J connectivity index is 0.000000153. The third-order valence-electron chi connectivity index (χ3n) is 39.6. The van der Waals surface area contributed by atoms with Gasteiger partial charge in [0.25, 0.3) is 0 Å². The lowest BCUT2D eigenvalue weighted by molar-refractivity contribution is -0.125. The Morgan fingerprint density at radius 1 is 0.459 bits per heavy atom. The van der Waals surface area contributed by atoms with Crippen molar-refractivity contribution in [1.29, 1.82) is 0 Å². The average molecular weight is 1690 g/mol. The van der Waals surface area contributed by atoms with Crippen LogP contribution in [-0.4, -0.2) is 29.4 Å². The van der Waals surface area contributed by atoms with Gasteiger partial charge in [-0.1, -0.05) is 320 Å². The SMILES string of the molecule is C=C1CC[C@H](O)C/C1=C/C=C1\CCC[C@]2(C)[C@@H]([C@H](C)/C=C/[C@H](C)C(C)C)CC[C@@H]12.CC(=O)[C@H]1CC[C@H]2[C@@H](C)CCC[C@]12C.CC(C)CCC[P+](c1ccccc1)(c1ccccc1)c1ccccc1.CC[C@@H](C)[C@H]1CC[C@H]2[C@@H](C)CCC[C@]12C.C[C@H](C=O)[C@H]1CC[C@H]2[C@@H](C)CCC[C@]12C.C[C@H]1CCC[C@]2(C)[C@@H](C)CC[C@@H]12.C[C@H]1CCC[C@]2(C)[C@@H](C)CC[C@@H]12. The fraction of sp³-hybridized carbons (Fsp3) is 0.763. The summed E-state index contributed by atoms with van der Waals surface area (Å²) in [5.41, 5.74) is 7.57. The molecule has 3 aromatic rings.